The molecule has 2 rings (SSSR count). The molecule has 0 aliphatic carbocycles. The number of carbonyl (C=O) groups excluding carboxylic acids is 1. The molecule has 1 aromatic carbocycles. The van der Waals surface area contributed by atoms with Gasteiger partial charge in [0.05, 0.1) is 6.33 Å². The first-order valence-electron chi connectivity index (χ1n) is 6.73. The second kappa shape index (κ2) is 10.1. The average molecular weight is 345 g/mol. The number of aryl methyl sites for hydroxylation is 1. The molecule has 122 valence electrons. The molecule has 0 saturated carbocycles. The largest absolute Gasteiger partial charge is 0.399 e. The molecule has 3 N–H and O–H groups in total. The number of hydrogen-bond donors (Lipinski definition) is 2. The van der Waals surface area contributed by atoms with Crippen molar-refractivity contribution in [3.05, 3.63) is 48.5 Å². The fraction of sp³-hybridized carbons (Fsp3) is 0.333. The van der Waals surface area contributed by atoms with Gasteiger partial charge in [-0.3, -0.25) is 4.79 Å². The van der Waals surface area contributed by atoms with E-state index < -0.39 is 0 Å². The first-order valence-corrected chi connectivity index (χ1v) is 6.73. The molecule has 0 bridgehead atoms. The molecule has 22 heavy (non-hydrogen) atoms. The van der Waals surface area contributed by atoms with Gasteiger partial charge < -0.3 is 15.6 Å². The molecular weight excluding hydrogens is 323 g/mol. The third-order valence-corrected chi connectivity index (χ3v) is 3.13. The van der Waals surface area contributed by atoms with E-state index in [9.17, 15) is 4.79 Å². The number of benzene rings is 1. The molecule has 0 aliphatic rings. The lowest BCUT2D eigenvalue weighted by atomic mass is 10.1. The average Bonchev–Trinajstić information content (AvgIpc) is 2.90. The Morgan fingerprint density at radius 2 is 2.09 bits per heavy atom. The van der Waals surface area contributed by atoms with Crippen molar-refractivity contribution in [1.29, 1.82) is 0 Å². The summed E-state index contributed by atoms with van der Waals surface area (Å²) >= 11 is 0. The highest BCUT2D eigenvalue weighted by atomic mass is 35.5. The summed E-state index contributed by atoms with van der Waals surface area (Å²) in [6, 6.07) is 7.72. The number of halogens is 2. The zero-order chi connectivity index (χ0) is 14.4. The second-order valence-electron chi connectivity index (χ2n) is 4.93. The number of rotatable bonds is 6. The number of hydrogen-bond acceptors (Lipinski definition) is 3. The maximum absolute atomic E-state index is 11.9. The van der Waals surface area contributed by atoms with Gasteiger partial charge >= 0.3 is 0 Å². The van der Waals surface area contributed by atoms with Crippen molar-refractivity contribution in [3.8, 4) is 0 Å². The van der Waals surface area contributed by atoms with Crippen molar-refractivity contribution in [3.63, 3.8) is 0 Å². The van der Waals surface area contributed by atoms with E-state index in [0.29, 0.717) is 12.8 Å². The topological polar surface area (TPSA) is 72.9 Å². The Morgan fingerprint density at radius 1 is 1.36 bits per heavy atom. The summed E-state index contributed by atoms with van der Waals surface area (Å²) in [5, 5.41) is 2.98. The van der Waals surface area contributed by atoms with Crippen LogP contribution in [0.2, 0.25) is 0 Å². The smallest absolute Gasteiger partial charge is 0.220 e. The Morgan fingerprint density at radius 3 is 2.73 bits per heavy atom. The van der Waals surface area contributed by atoms with E-state index in [0.717, 1.165) is 17.8 Å². The Bertz CT molecular complexity index is 560. The number of para-hydroxylation sites is 1. The van der Waals surface area contributed by atoms with Crippen molar-refractivity contribution >= 4 is 36.4 Å². The molecule has 7 heteroatoms. The third kappa shape index (κ3) is 6.37. The Balaban J connectivity index is 0.00000220. The Kier molecular flexibility index (Phi) is 9.29. The maximum atomic E-state index is 11.9. The van der Waals surface area contributed by atoms with Gasteiger partial charge in [0.25, 0.3) is 0 Å². The van der Waals surface area contributed by atoms with Crippen molar-refractivity contribution in [2.45, 2.75) is 32.4 Å². The van der Waals surface area contributed by atoms with Gasteiger partial charge in [-0.05, 0) is 25.0 Å². The number of anilines is 1. The maximum Gasteiger partial charge on any atom is 0.220 e. The van der Waals surface area contributed by atoms with Crippen molar-refractivity contribution in [2.24, 2.45) is 0 Å². The first kappa shape index (κ1) is 20.3. The van der Waals surface area contributed by atoms with Crippen LogP contribution in [0.5, 0.6) is 0 Å². The summed E-state index contributed by atoms with van der Waals surface area (Å²) in [5.74, 6) is 0.0425. The number of aromatic nitrogens is 2. The SMILES string of the molecule is CC(Cn1ccnc1)NC(=O)CCc1ccccc1N.Cl.Cl. The summed E-state index contributed by atoms with van der Waals surface area (Å²) in [7, 11) is 0. The van der Waals surface area contributed by atoms with E-state index in [1.807, 2.05) is 42.0 Å². The molecule has 0 spiro atoms. The van der Waals surface area contributed by atoms with Crippen LogP contribution in [0.15, 0.2) is 43.0 Å². The third-order valence-electron chi connectivity index (χ3n) is 3.13. The number of nitrogens with two attached hydrogens (primary N) is 1. The number of carbonyl (C=O) groups is 1. The van der Waals surface area contributed by atoms with Gasteiger partial charge in [-0.15, -0.1) is 24.8 Å². The predicted molar refractivity (Wildman–Crippen MR) is 93.5 cm³/mol. The molecule has 1 atom stereocenters. The molecule has 1 heterocycles. The van der Waals surface area contributed by atoms with Crippen molar-refractivity contribution in [1.82, 2.24) is 14.9 Å². The van der Waals surface area contributed by atoms with Crippen LogP contribution in [0, 0.1) is 0 Å². The number of amides is 1. The van der Waals surface area contributed by atoms with E-state index in [4.69, 9.17) is 5.73 Å². The molecule has 5 nitrogen and oxygen atoms in total. The van der Waals surface area contributed by atoms with Gasteiger partial charge in [-0.1, -0.05) is 18.2 Å². The minimum atomic E-state index is 0. The van der Waals surface area contributed by atoms with Crippen molar-refractivity contribution < 1.29 is 4.79 Å². The summed E-state index contributed by atoms with van der Waals surface area (Å²) in [6.07, 6.45) is 6.46. The molecular formula is C15H22Cl2N4O. The number of nitrogens with zero attached hydrogens (tertiary/aromatic N) is 2. The predicted octanol–water partition coefficient (Wildman–Crippen LogP) is 2.45. The molecule has 0 radical (unpaired) electrons. The standard InChI is InChI=1S/C15H20N4O.2ClH/c1-12(10-19-9-8-17-11-19)18-15(20)7-6-13-4-2-3-5-14(13)16;;/h2-5,8-9,11-12H,6-7,10,16H2,1H3,(H,18,20);2*1H. The highest BCUT2D eigenvalue weighted by Gasteiger charge is 2.08. The van der Waals surface area contributed by atoms with Crippen molar-refractivity contribution in [2.75, 3.05) is 5.73 Å². The zero-order valence-corrected chi connectivity index (χ0v) is 14.1. The van der Waals surface area contributed by atoms with E-state index in [1.165, 1.54) is 0 Å². The van der Waals surface area contributed by atoms with E-state index >= 15 is 0 Å². The first-order chi connectivity index (χ1) is 9.65. The number of nitrogens with one attached hydrogen (secondary N) is 1. The van der Waals surface area contributed by atoms with Crippen LogP contribution >= 0.6 is 24.8 Å². The zero-order valence-electron chi connectivity index (χ0n) is 12.4. The summed E-state index contributed by atoms with van der Waals surface area (Å²) in [6.45, 7) is 2.70. The Labute approximate surface area is 143 Å². The molecule has 1 amide bonds. The lowest BCUT2D eigenvalue weighted by molar-refractivity contribution is -0.121. The van der Waals surface area contributed by atoms with E-state index in [2.05, 4.69) is 10.3 Å². The lowest BCUT2D eigenvalue weighted by Crippen LogP contribution is -2.35. The lowest BCUT2D eigenvalue weighted by Gasteiger charge is -2.14. The van der Waals surface area contributed by atoms with Gasteiger partial charge in [0.15, 0.2) is 0 Å². The summed E-state index contributed by atoms with van der Waals surface area (Å²) in [5.41, 5.74) is 7.62. The highest BCUT2D eigenvalue weighted by Crippen LogP contribution is 2.12. The van der Waals surface area contributed by atoms with Crippen LogP contribution in [-0.2, 0) is 17.8 Å². The normalized spacial score (nSPS) is 11.0. The van der Waals surface area contributed by atoms with Crippen LogP contribution in [0.25, 0.3) is 0 Å². The van der Waals surface area contributed by atoms with Crippen LogP contribution in [0.1, 0.15) is 18.9 Å². The quantitative estimate of drug-likeness (QED) is 0.790. The monoisotopic (exact) mass is 344 g/mol. The van der Waals surface area contributed by atoms with Crippen LogP contribution < -0.4 is 11.1 Å². The highest BCUT2D eigenvalue weighted by molar-refractivity contribution is 5.85. The summed E-state index contributed by atoms with van der Waals surface area (Å²) in [4.78, 5) is 15.9. The fourth-order valence-corrected chi connectivity index (χ4v) is 2.11. The molecule has 2 aromatic rings. The molecule has 0 fully saturated rings. The van der Waals surface area contributed by atoms with Gasteiger partial charge in [-0.25, -0.2) is 4.98 Å². The minimum absolute atomic E-state index is 0. The van der Waals surface area contributed by atoms with Gasteiger partial charge in [0.2, 0.25) is 5.91 Å². The van der Waals surface area contributed by atoms with Gasteiger partial charge in [-0.2, -0.15) is 0 Å². The minimum Gasteiger partial charge on any atom is -0.399 e. The van der Waals surface area contributed by atoms with Gasteiger partial charge in [0, 0.05) is 37.1 Å². The molecule has 0 saturated heterocycles. The number of imidazole rings is 1. The number of nitrogen functional groups attached to an aromatic ring is 1. The van der Waals surface area contributed by atoms with Gasteiger partial charge in [0.1, 0.15) is 0 Å². The van der Waals surface area contributed by atoms with Crippen LogP contribution in [0.3, 0.4) is 0 Å². The fourth-order valence-electron chi connectivity index (χ4n) is 2.11. The van der Waals surface area contributed by atoms with Crippen LogP contribution in [-0.4, -0.2) is 21.5 Å². The second-order valence-corrected chi connectivity index (χ2v) is 4.93. The molecule has 0 aliphatic heterocycles. The summed E-state index contributed by atoms with van der Waals surface area (Å²) < 4.78 is 1.94. The van der Waals surface area contributed by atoms with E-state index in [-0.39, 0.29) is 36.8 Å². The molecule has 1 unspecified atom stereocenters. The van der Waals surface area contributed by atoms with Crippen LogP contribution in [0.4, 0.5) is 5.69 Å². The molecule has 1 aromatic heterocycles. The van der Waals surface area contributed by atoms with E-state index in [1.54, 1.807) is 12.5 Å². The Hall–Kier alpha value is -1.72.